The van der Waals surface area contributed by atoms with Crippen molar-refractivity contribution in [2.45, 2.75) is 53.5 Å². The van der Waals surface area contributed by atoms with Crippen LogP contribution in [0, 0.1) is 27.7 Å². The van der Waals surface area contributed by atoms with E-state index in [2.05, 4.69) is 76.3 Å². The lowest BCUT2D eigenvalue weighted by molar-refractivity contribution is -0.114. The SMILES string of the molecule is CCCCOc1ccc([C@@H]2C=C(Nc3ccc(C)c(C)c3)C(=O)N2c2ccc(C)c(C)c2)cc1. The van der Waals surface area contributed by atoms with E-state index in [4.69, 9.17) is 4.74 Å². The first-order chi connectivity index (χ1) is 16.4. The molecule has 1 aliphatic rings. The molecule has 176 valence electrons. The summed E-state index contributed by atoms with van der Waals surface area (Å²) in [6.07, 6.45) is 4.17. The van der Waals surface area contributed by atoms with Crippen LogP contribution in [0.2, 0.25) is 0 Å². The molecule has 1 N–H and O–H groups in total. The van der Waals surface area contributed by atoms with Gasteiger partial charge in [-0.3, -0.25) is 9.69 Å². The Morgan fingerprint density at radius 3 is 2.18 bits per heavy atom. The molecule has 3 aromatic carbocycles. The van der Waals surface area contributed by atoms with E-state index in [1.54, 1.807) is 0 Å². The van der Waals surface area contributed by atoms with E-state index in [9.17, 15) is 4.79 Å². The van der Waals surface area contributed by atoms with Crippen molar-refractivity contribution in [1.29, 1.82) is 0 Å². The van der Waals surface area contributed by atoms with Crippen molar-refractivity contribution in [3.8, 4) is 5.75 Å². The number of nitrogens with zero attached hydrogens (tertiary/aromatic N) is 1. The van der Waals surface area contributed by atoms with Gasteiger partial charge in [0, 0.05) is 11.4 Å². The maximum atomic E-state index is 13.7. The van der Waals surface area contributed by atoms with Gasteiger partial charge in [0.05, 0.1) is 12.6 Å². The Bertz CT molecular complexity index is 1210. The van der Waals surface area contributed by atoms with Gasteiger partial charge in [-0.1, -0.05) is 37.6 Å². The van der Waals surface area contributed by atoms with Gasteiger partial charge in [0.15, 0.2) is 0 Å². The zero-order valence-electron chi connectivity index (χ0n) is 20.8. The number of benzene rings is 3. The second-order valence-corrected chi connectivity index (χ2v) is 9.16. The number of aryl methyl sites for hydroxylation is 4. The lowest BCUT2D eigenvalue weighted by Gasteiger charge is -2.26. The quantitative estimate of drug-likeness (QED) is 0.366. The molecule has 0 radical (unpaired) electrons. The highest BCUT2D eigenvalue weighted by Crippen LogP contribution is 2.37. The third-order valence-corrected chi connectivity index (χ3v) is 6.59. The van der Waals surface area contributed by atoms with Gasteiger partial charge < -0.3 is 10.1 Å². The molecule has 1 aliphatic heterocycles. The van der Waals surface area contributed by atoms with Crippen molar-refractivity contribution in [3.05, 3.63) is 100 Å². The first-order valence-corrected chi connectivity index (χ1v) is 12.1. The number of rotatable bonds is 8. The highest BCUT2D eigenvalue weighted by Gasteiger charge is 2.35. The van der Waals surface area contributed by atoms with Crippen molar-refractivity contribution in [3.63, 3.8) is 0 Å². The van der Waals surface area contributed by atoms with Crippen LogP contribution < -0.4 is 15.0 Å². The minimum Gasteiger partial charge on any atom is -0.494 e. The predicted molar refractivity (Wildman–Crippen MR) is 141 cm³/mol. The Hall–Kier alpha value is -3.53. The van der Waals surface area contributed by atoms with Gasteiger partial charge in [-0.05, 0) is 104 Å². The van der Waals surface area contributed by atoms with Crippen molar-refractivity contribution in [1.82, 2.24) is 0 Å². The molecule has 0 saturated carbocycles. The molecular formula is C30H34N2O2. The molecule has 0 unspecified atom stereocenters. The fourth-order valence-corrected chi connectivity index (χ4v) is 4.12. The molecule has 0 aromatic heterocycles. The summed E-state index contributed by atoms with van der Waals surface area (Å²) in [5.74, 6) is 0.825. The topological polar surface area (TPSA) is 41.6 Å². The number of amides is 1. The second-order valence-electron chi connectivity index (χ2n) is 9.16. The number of hydrogen-bond acceptors (Lipinski definition) is 3. The minimum atomic E-state index is -0.201. The minimum absolute atomic E-state index is 0.0326. The molecule has 3 aromatic rings. The highest BCUT2D eigenvalue weighted by atomic mass is 16.5. The van der Waals surface area contributed by atoms with Gasteiger partial charge in [-0.2, -0.15) is 0 Å². The lowest BCUT2D eigenvalue weighted by atomic mass is 10.0. The molecule has 4 rings (SSSR count). The largest absolute Gasteiger partial charge is 0.494 e. The summed E-state index contributed by atoms with van der Waals surface area (Å²) in [6, 6.07) is 20.3. The summed E-state index contributed by atoms with van der Waals surface area (Å²) in [4.78, 5) is 15.5. The Balaban J connectivity index is 1.67. The molecule has 4 heteroatoms. The number of hydrogen-bond donors (Lipinski definition) is 1. The van der Waals surface area contributed by atoms with E-state index in [1.807, 2.05) is 35.2 Å². The Morgan fingerprint density at radius 2 is 1.53 bits per heavy atom. The monoisotopic (exact) mass is 454 g/mol. The predicted octanol–water partition coefficient (Wildman–Crippen LogP) is 7.18. The highest BCUT2D eigenvalue weighted by molar-refractivity contribution is 6.11. The maximum absolute atomic E-state index is 13.7. The fourth-order valence-electron chi connectivity index (χ4n) is 4.12. The standard InChI is InChI=1S/C30H34N2O2/c1-6-7-16-34-27-14-10-24(11-15-27)29-19-28(31-25-12-8-20(2)22(4)17-25)30(33)32(29)26-13-9-21(3)23(5)18-26/h8-15,17-19,29,31H,6-7,16H2,1-5H3/t29-/m0/s1. The summed E-state index contributed by atoms with van der Waals surface area (Å²) in [7, 11) is 0. The molecule has 0 spiro atoms. The second kappa shape index (κ2) is 10.2. The molecule has 34 heavy (non-hydrogen) atoms. The van der Waals surface area contributed by atoms with Crippen LogP contribution in [0.1, 0.15) is 53.6 Å². The first-order valence-electron chi connectivity index (χ1n) is 12.1. The smallest absolute Gasteiger partial charge is 0.275 e. The summed E-state index contributed by atoms with van der Waals surface area (Å²) < 4.78 is 5.84. The zero-order chi connectivity index (χ0) is 24.2. The number of ether oxygens (including phenoxy) is 1. The molecule has 1 heterocycles. The molecule has 0 aliphatic carbocycles. The molecule has 0 saturated heterocycles. The normalized spacial score (nSPS) is 15.4. The third kappa shape index (κ3) is 5.01. The van der Waals surface area contributed by atoms with Gasteiger partial charge in [-0.15, -0.1) is 0 Å². The number of unbranched alkanes of at least 4 members (excludes halogenated alkanes) is 1. The average Bonchev–Trinajstić information content (AvgIpc) is 3.14. The Labute approximate surface area is 203 Å². The van der Waals surface area contributed by atoms with E-state index < -0.39 is 0 Å². The van der Waals surface area contributed by atoms with Crippen LogP contribution in [-0.4, -0.2) is 12.5 Å². The lowest BCUT2D eigenvalue weighted by Crippen LogP contribution is -2.30. The van der Waals surface area contributed by atoms with Crippen LogP contribution in [0.5, 0.6) is 5.75 Å². The molecule has 4 nitrogen and oxygen atoms in total. The van der Waals surface area contributed by atoms with Gasteiger partial charge in [0.2, 0.25) is 0 Å². The van der Waals surface area contributed by atoms with Crippen LogP contribution in [-0.2, 0) is 4.79 Å². The summed E-state index contributed by atoms with van der Waals surface area (Å²) in [5.41, 5.74) is 8.25. The third-order valence-electron chi connectivity index (χ3n) is 6.59. The molecule has 0 fully saturated rings. The molecule has 1 amide bonds. The number of anilines is 2. The van der Waals surface area contributed by atoms with Crippen molar-refractivity contribution in [2.24, 2.45) is 0 Å². The summed E-state index contributed by atoms with van der Waals surface area (Å²) in [5, 5.41) is 3.38. The Morgan fingerprint density at radius 1 is 0.853 bits per heavy atom. The molecule has 1 atom stereocenters. The van der Waals surface area contributed by atoms with E-state index in [-0.39, 0.29) is 11.9 Å². The first kappa shape index (κ1) is 23.6. The van der Waals surface area contributed by atoms with Crippen LogP contribution in [0.15, 0.2) is 72.4 Å². The number of carbonyl (C=O) groups excluding carboxylic acids is 1. The number of nitrogens with one attached hydrogen (secondary N) is 1. The number of carbonyl (C=O) groups is 1. The van der Waals surface area contributed by atoms with Gasteiger partial charge >= 0.3 is 0 Å². The summed E-state index contributed by atoms with van der Waals surface area (Å²) >= 11 is 0. The average molecular weight is 455 g/mol. The molecule has 0 bridgehead atoms. The van der Waals surface area contributed by atoms with Crippen LogP contribution in [0.4, 0.5) is 11.4 Å². The van der Waals surface area contributed by atoms with E-state index in [0.717, 1.165) is 42.1 Å². The molecular weight excluding hydrogens is 420 g/mol. The summed E-state index contributed by atoms with van der Waals surface area (Å²) in [6.45, 7) is 11.2. The Kier molecular flexibility index (Phi) is 7.06. The van der Waals surface area contributed by atoms with Crippen LogP contribution >= 0.6 is 0 Å². The van der Waals surface area contributed by atoms with Crippen LogP contribution in [0.3, 0.4) is 0 Å². The maximum Gasteiger partial charge on any atom is 0.275 e. The van der Waals surface area contributed by atoms with E-state index >= 15 is 0 Å². The van der Waals surface area contributed by atoms with Crippen molar-refractivity contribution in [2.75, 3.05) is 16.8 Å². The fraction of sp³-hybridized carbons (Fsp3) is 0.300. The van der Waals surface area contributed by atoms with Crippen LogP contribution in [0.25, 0.3) is 0 Å². The van der Waals surface area contributed by atoms with Crippen molar-refractivity contribution < 1.29 is 9.53 Å². The van der Waals surface area contributed by atoms with Gasteiger partial charge in [0.25, 0.3) is 5.91 Å². The van der Waals surface area contributed by atoms with Crippen molar-refractivity contribution >= 4 is 17.3 Å². The van der Waals surface area contributed by atoms with Gasteiger partial charge in [0.1, 0.15) is 11.4 Å². The van der Waals surface area contributed by atoms with Gasteiger partial charge in [-0.25, -0.2) is 0 Å². The van der Waals surface area contributed by atoms with E-state index in [1.165, 1.54) is 22.3 Å². The zero-order valence-corrected chi connectivity index (χ0v) is 20.8. The van der Waals surface area contributed by atoms with E-state index in [0.29, 0.717) is 5.70 Å².